The first-order chi connectivity index (χ1) is 6.66. The van der Waals surface area contributed by atoms with Crippen LogP contribution in [0.15, 0.2) is 0 Å². The average molecular weight is 196 g/mol. The first-order valence-corrected chi connectivity index (χ1v) is 6.20. The predicted molar refractivity (Wildman–Crippen MR) is 60.2 cm³/mol. The molecule has 1 heteroatoms. The fraction of sp³-hybridized carbons (Fsp3) is 0.923. The highest BCUT2D eigenvalue weighted by Crippen LogP contribution is 2.35. The van der Waals surface area contributed by atoms with E-state index in [0.717, 1.165) is 6.42 Å². The average Bonchev–Trinajstić information content (AvgIpc) is 2.18. The van der Waals surface area contributed by atoms with Gasteiger partial charge in [-0.1, -0.05) is 46.5 Å². The van der Waals surface area contributed by atoms with Gasteiger partial charge in [0.05, 0.1) is 0 Å². The topological polar surface area (TPSA) is 17.1 Å². The molecule has 0 aromatic rings. The highest BCUT2D eigenvalue weighted by atomic mass is 16.1. The van der Waals surface area contributed by atoms with Crippen LogP contribution in [0.1, 0.15) is 59.3 Å². The minimum atomic E-state index is 0.234. The number of carbonyl (C=O) groups is 1. The summed E-state index contributed by atoms with van der Waals surface area (Å²) in [6.07, 6.45) is 7.53. The highest BCUT2D eigenvalue weighted by molar-refractivity contribution is 5.83. The van der Waals surface area contributed by atoms with Gasteiger partial charge < -0.3 is 0 Å². The maximum Gasteiger partial charge on any atom is 0.138 e. The number of carbonyl (C=O) groups excluding carboxylic acids is 1. The van der Waals surface area contributed by atoms with E-state index in [1.165, 1.54) is 32.1 Å². The van der Waals surface area contributed by atoms with Gasteiger partial charge in [0.25, 0.3) is 0 Å². The lowest BCUT2D eigenvalue weighted by molar-refractivity contribution is -0.128. The summed E-state index contributed by atoms with van der Waals surface area (Å²) in [7, 11) is 0. The van der Waals surface area contributed by atoms with Gasteiger partial charge in [0.1, 0.15) is 5.78 Å². The van der Waals surface area contributed by atoms with Crippen molar-refractivity contribution in [3.05, 3.63) is 0 Å². The van der Waals surface area contributed by atoms with E-state index in [0.29, 0.717) is 17.6 Å². The molecule has 1 saturated carbocycles. The van der Waals surface area contributed by atoms with Gasteiger partial charge in [0.15, 0.2) is 0 Å². The SMILES string of the molecule is CCCC1CCCCC1C(=O)C(C)C. The standard InChI is InChI=1S/C13H24O/c1-4-7-11-8-5-6-9-12(11)13(14)10(2)3/h10-12H,4-9H2,1-3H3. The Morgan fingerprint density at radius 3 is 2.50 bits per heavy atom. The summed E-state index contributed by atoms with van der Waals surface area (Å²) in [4.78, 5) is 12.0. The molecule has 82 valence electrons. The van der Waals surface area contributed by atoms with E-state index >= 15 is 0 Å². The Balaban J connectivity index is 2.57. The van der Waals surface area contributed by atoms with E-state index in [1.807, 2.05) is 13.8 Å². The fourth-order valence-corrected chi connectivity index (χ4v) is 2.73. The van der Waals surface area contributed by atoms with E-state index in [2.05, 4.69) is 6.92 Å². The van der Waals surface area contributed by atoms with Crippen molar-refractivity contribution in [2.75, 3.05) is 0 Å². The monoisotopic (exact) mass is 196 g/mol. The molecule has 0 aromatic heterocycles. The summed E-state index contributed by atoms with van der Waals surface area (Å²) in [6.45, 7) is 6.31. The van der Waals surface area contributed by atoms with Crippen LogP contribution in [0.5, 0.6) is 0 Å². The third-order valence-corrected chi connectivity index (χ3v) is 3.50. The molecule has 2 atom stereocenters. The lowest BCUT2D eigenvalue weighted by atomic mass is 9.73. The minimum absolute atomic E-state index is 0.234. The molecule has 0 aliphatic heterocycles. The van der Waals surface area contributed by atoms with Crippen LogP contribution in [-0.2, 0) is 4.79 Å². The number of rotatable bonds is 4. The zero-order chi connectivity index (χ0) is 10.6. The zero-order valence-electron chi connectivity index (χ0n) is 9.88. The van der Waals surface area contributed by atoms with E-state index in [4.69, 9.17) is 0 Å². The summed E-state index contributed by atoms with van der Waals surface area (Å²) < 4.78 is 0. The molecule has 1 rings (SSSR count). The second-order valence-electron chi connectivity index (χ2n) is 5.00. The number of ketones is 1. The van der Waals surface area contributed by atoms with Crippen molar-refractivity contribution in [2.24, 2.45) is 17.8 Å². The second-order valence-corrected chi connectivity index (χ2v) is 5.00. The van der Waals surface area contributed by atoms with Gasteiger partial charge >= 0.3 is 0 Å². The molecule has 1 nitrogen and oxygen atoms in total. The second kappa shape index (κ2) is 5.53. The van der Waals surface area contributed by atoms with E-state index < -0.39 is 0 Å². The molecule has 1 aliphatic carbocycles. The van der Waals surface area contributed by atoms with Crippen LogP contribution in [-0.4, -0.2) is 5.78 Å². The maximum absolute atomic E-state index is 12.0. The van der Waals surface area contributed by atoms with Gasteiger partial charge in [0, 0.05) is 11.8 Å². The Morgan fingerprint density at radius 2 is 1.93 bits per heavy atom. The number of Topliss-reactive ketones (excluding diaryl/α,β-unsaturated/α-hetero) is 1. The van der Waals surface area contributed by atoms with Gasteiger partial charge in [0.2, 0.25) is 0 Å². The summed E-state index contributed by atoms with van der Waals surface area (Å²) in [5.74, 6) is 1.84. The fourth-order valence-electron chi connectivity index (χ4n) is 2.73. The quantitative estimate of drug-likeness (QED) is 0.668. The Kier molecular flexibility index (Phi) is 4.64. The van der Waals surface area contributed by atoms with Gasteiger partial charge in [-0.15, -0.1) is 0 Å². The van der Waals surface area contributed by atoms with E-state index in [9.17, 15) is 4.79 Å². The molecule has 0 amide bonds. The van der Waals surface area contributed by atoms with E-state index in [1.54, 1.807) is 0 Å². The number of hydrogen-bond acceptors (Lipinski definition) is 1. The van der Waals surface area contributed by atoms with Crippen LogP contribution >= 0.6 is 0 Å². The molecular weight excluding hydrogens is 172 g/mol. The molecule has 0 saturated heterocycles. The minimum Gasteiger partial charge on any atom is -0.299 e. The van der Waals surface area contributed by atoms with Crippen LogP contribution in [0, 0.1) is 17.8 Å². The van der Waals surface area contributed by atoms with Crippen LogP contribution in [0.3, 0.4) is 0 Å². The lowest BCUT2D eigenvalue weighted by Gasteiger charge is -2.31. The summed E-state index contributed by atoms with van der Waals surface area (Å²) in [6, 6.07) is 0. The zero-order valence-corrected chi connectivity index (χ0v) is 9.88. The molecular formula is C13H24O. The van der Waals surface area contributed by atoms with Crippen LogP contribution in [0.25, 0.3) is 0 Å². The molecule has 14 heavy (non-hydrogen) atoms. The van der Waals surface area contributed by atoms with Crippen molar-refractivity contribution in [3.63, 3.8) is 0 Å². The van der Waals surface area contributed by atoms with Crippen molar-refractivity contribution in [1.29, 1.82) is 0 Å². The van der Waals surface area contributed by atoms with Crippen LogP contribution in [0.4, 0.5) is 0 Å². The van der Waals surface area contributed by atoms with Gasteiger partial charge in [-0.2, -0.15) is 0 Å². The Morgan fingerprint density at radius 1 is 1.29 bits per heavy atom. The third-order valence-electron chi connectivity index (χ3n) is 3.50. The molecule has 0 N–H and O–H groups in total. The van der Waals surface area contributed by atoms with Crippen molar-refractivity contribution in [3.8, 4) is 0 Å². The predicted octanol–water partition coefficient (Wildman–Crippen LogP) is 3.82. The van der Waals surface area contributed by atoms with Crippen LogP contribution < -0.4 is 0 Å². The molecule has 0 spiro atoms. The van der Waals surface area contributed by atoms with E-state index in [-0.39, 0.29) is 5.92 Å². The molecule has 2 unspecified atom stereocenters. The Hall–Kier alpha value is -0.330. The molecule has 1 fully saturated rings. The first-order valence-electron chi connectivity index (χ1n) is 6.20. The Labute approximate surface area is 88.3 Å². The van der Waals surface area contributed by atoms with Crippen molar-refractivity contribution in [1.82, 2.24) is 0 Å². The normalized spacial score (nSPS) is 28.0. The van der Waals surface area contributed by atoms with Crippen LogP contribution in [0.2, 0.25) is 0 Å². The number of hydrogen-bond donors (Lipinski definition) is 0. The van der Waals surface area contributed by atoms with Gasteiger partial charge in [-0.05, 0) is 18.8 Å². The maximum atomic E-state index is 12.0. The molecule has 0 radical (unpaired) electrons. The van der Waals surface area contributed by atoms with Crippen molar-refractivity contribution >= 4 is 5.78 Å². The van der Waals surface area contributed by atoms with Crippen molar-refractivity contribution < 1.29 is 4.79 Å². The molecule has 0 bridgehead atoms. The third kappa shape index (κ3) is 2.83. The summed E-state index contributed by atoms with van der Waals surface area (Å²) in [5.41, 5.74) is 0. The Bertz CT molecular complexity index is 182. The molecule has 0 aromatic carbocycles. The highest BCUT2D eigenvalue weighted by Gasteiger charge is 2.30. The smallest absolute Gasteiger partial charge is 0.138 e. The summed E-state index contributed by atoms with van der Waals surface area (Å²) in [5, 5.41) is 0. The lowest BCUT2D eigenvalue weighted by Crippen LogP contribution is -2.30. The van der Waals surface area contributed by atoms with Crippen molar-refractivity contribution in [2.45, 2.75) is 59.3 Å². The summed E-state index contributed by atoms with van der Waals surface area (Å²) >= 11 is 0. The van der Waals surface area contributed by atoms with Gasteiger partial charge in [-0.25, -0.2) is 0 Å². The largest absolute Gasteiger partial charge is 0.299 e. The molecule has 0 heterocycles. The van der Waals surface area contributed by atoms with Gasteiger partial charge in [-0.3, -0.25) is 4.79 Å². The molecule has 1 aliphatic rings. The first kappa shape index (κ1) is 11.7.